The van der Waals surface area contributed by atoms with Crippen LogP contribution in [0.3, 0.4) is 0 Å². The van der Waals surface area contributed by atoms with E-state index in [1.165, 1.54) is 6.33 Å². The highest BCUT2D eigenvalue weighted by molar-refractivity contribution is 5.53. The molecule has 1 heterocycles. The maximum atomic E-state index is 10.7. The van der Waals surface area contributed by atoms with Crippen molar-refractivity contribution in [2.24, 2.45) is 7.05 Å². The molecule has 6 heteroatoms. The van der Waals surface area contributed by atoms with Crippen LogP contribution in [0.15, 0.2) is 6.33 Å². The average molecular weight is 212 g/mol. The van der Waals surface area contributed by atoms with Gasteiger partial charge in [0.25, 0.3) is 0 Å². The summed E-state index contributed by atoms with van der Waals surface area (Å²) in [6.07, 6.45) is 2.31. The molecule has 1 aromatic rings. The predicted molar refractivity (Wildman–Crippen MR) is 57.9 cm³/mol. The molecule has 0 aliphatic carbocycles. The van der Waals surface area contributed by atoms with Gasteiger partial charge < -0.3 is 15.4 Å². The molecule has 1 aromatic heterocycles. The molecule has 0 unspecified atom stereocenters. The zero-order chi connectivity index (χ0) is 11.6. The highest BCUT2D eigenvalue weighted by Crippen LogP contribution is 2.25. The minimum absolute atomic E-state index is 0.126. The number of nitrogens with zero attached hydrogens (tertiary/aromatic N) is 3. The summed E-state index contributed by atoms with van der Waals surface area (Å²) in [6, 6.07) is 0. The van der Waals surface area contributed by atoms with Crippen LogP contribution in [0, 0.1) is 10.1 Å². The third-order valence-electron chi connectivity index (χ3n) is 2.43. The van der Waals surface area contributed by atoms with E-state index < -0.39 is 4.92 Å². The number of rotatable bonds is 4. The summed E-state index contributed by atoms with van der Waals surface area (Å²) in [5, 5.41) is 13.8. The summed E-state index contributed by atoms with van der Waals surface area (Å²) in [5.74, 6) is 0.325. The van der Waals surface area contributed by atoms with E-state index in [4.69, 9.17) is 0 Å². The number of hydrogen-bond donors (Lipinski definition) is 1. The SMILES string of the molecule is CCC(C)(C)Nc1c([N+](=O)[O-])ncn1C. The van der Waals surface area contributed by atoms with E-state index in [-0.39, 0.29) is 11.4 Å². The number of aryl methyl sites for hydroxylation is 1. The standard InChI is InChI=1S/C9H16N4O2/c1-5-9(2,3)11-8-7(13(14)15)10-6-12(8)4/h6,11H,5H2,1-4H3. The lowest BCUT2D eigenvalue weighted by molar-refractivity contribution is -0.388. The van der Waals surface area contributed by atoms with Gasteiger partial charge in [-0.15, -0.1) is 0 Å². The van der Waals surface area contributed by atoms with Crippen molar-refractivity contribution in [3.8, 4) is 0 Å². The Morgan fingerprint density at radius 1 is 1.67 bits per heavy atom. The molecule has 0 radical (unpaired) electrons. The van der Waals surface area contributed by atoms with Crippen molar-refractivity contribution in [1.82, 2.24) is 9.55 Å². The zero-order valence-electron chi connectivity index (χ0n) is 9.44. The summed E-state index contributed by atoms with van der Waals surface area (Å²) < 4.78 is 1.62. The van der Waals surface area contributed by atoms with E-state index in [0.717, 1.165) is 6.42 Å². The topological polar surface area (TPSA) is 73.0 Å². The van der Waals surface area contributed by atoms with Crippen molar-refractivity contribution < 1.29 is 4.92 Å². The molecule has 0 spiro atoms. The lowest BCUT2D eigenvalue weighted by atomic mass is 10.0. The van der Waals surface area contributed by atoms with Gasteiger partial charge in [0.1, 0.15) is 0 Å². The van der Waals surface area contributed by atoms with Gasteiger partial charge in [-0.2, -0.15) is 0 Å². The van der Waals surface area contributed by atoms with E-state index in [2.05, 4.69) is 10.3 Å². The molecule has 0 saturated carbocycles. The van der Waals surface area contributed by atoms with Gasteiger partial charge in [-0.3, -0.25) is 4.57 Å². The normalized spacial score (nSPS) is 11.5. The Labute approximate surface area is 88.5 Å². The molecule has 0 aliphatic heterocycles. The molecule has 0 fully saturated rings. The lowest BCUT2D eigenvalue weighted by Crippen LogP contribution is -2.30. The van der Waals surface area contributed by atoms with Crippen LogP contribution in [-0.2, 0) is 7.05 Å². The third kappa shape index (κ3) is 2.45. The molecule has 6 nitrogen and oxygen atoms in total. The molecule has 0 atom stereocenters. The van der Waals surface area contributed by atoms with Gasteiger partial charge >= 0.3 is 5.82 Å². The molecule has 0 saturated heterocycles. The quantitative estimate of drug-likeness (QED) is 0.611. The Hall–Kier alpha value is -1.59. The highest BCUT2D eigenvalue weighted by atomic mass is 16.6. The number of nitro groups is 1. The number of imidazole rings is 1. The molecule has 0 bridgehead atoms. The van der Waals surface area contributed by atoms with Gasteiger partial charge in [0.15, 0.2) is 0 Å². The van der Waals surface area contributed by atoms with E-state index in [1.807, 2.05) is 20.8 Å². The maximum absolute atomic E-state index is 10.7. The van der Waals surface area contributed by atoms with Crippen LogP contribution in [0.25, 0.3) is 0 Å². The van der Waals surface area contributed by atoms with Gasteiger partial charge in [0.2, 0.25) is 12.1 Å². The Morgan fingerprint density at radius 2 is 2.27 bits per heavy atom. The third-order valence-corrected chi connectivity index (χ3v) is 2.43. The van der Waals surface area contributed by atoms with Crippen LogP contribution in [0.1, 0.15) is 27.2 Å². The number of hydrogen-bond acceptors (Lipinski definition) is 4. The molecule has 84 valence electrons. The fourth-order valence-electron chi connectivity index (χ4n) is 1.10. The lowest BCUT2D eigenvalue weighted by Gasteiger charge is -2.25. The van der Waals surface area contributed by atoms with Crippen molar-refractivity contribution in [3.63, 3.8) is 0 Å². The fourth-order valence-corrected chi connectivity index (χ4v) is 1.10. The summed E-state index contributed by atoms with van der Waals surface area (Å²) in [6.45, 7) is 6.00. The number of anilines is 1. The summed E-state index contributed by atoms with van der Waals surface area (Å²) >= 11 is 0. The molecule has 15 heavy (non-hydrogen) atoms. The first-order valence-electron chi connectivity index (χ1n) is 4.81. The van der Waals surface area contributed by atoms with Crippen molar-refractivity contribution in [1.29, 1.82) is 0 Å². The first kappa shape index (κ1) is 11.5. The minimum atomic E-state index is -0.478. The van der Waals surface area contributed by atoms with Crippen molar-refractivity contribution in [3.05, 3.63) is 16.4 Å². The Morgan fingerprint density at radius 3 is 2.73 bits per heavy atom. The van der Waals surface area contributed by atoms with Gasteiger partial charge in [0.05, 0.1) is 0 Å². The van der Waals surface area contributed by atoms with Crippen LogP contribution in [-0.4, -0.2) is 20.0 Å². The van der Waals surface area contributed by atoms with Crippen LogP contribution in [0.4, 0.5) is 11.6 Å². The summed E-state index contributed by atoms with van der Waals surface area (Å²) in [5.41, 5.74) is -0.182. The Bertz CT molecular complexity index is 370. The van der Waals surface area contributed by atoms with Crippen molar-refractivity contribution in [2.75, 3.05) is 5.32 Å². The van der Waals surface area contributed by atoms with Crippen LogP contribution in [0.5, 0.6) is 0 Å². The second-order valence-electron chi connectivity index (χ2n) is 4.15. The predicted octanol–water partition coefficient (Wildman–Crippen LogP) is 1.93. The molecule has 1 N–H and O–H groups in total. The van der Waals surface area contributed by atoms with Crippen LogP contribution in [0.2, 0.25) is 0 Å². The second kappa shape index (κ2) is 3.88. The fraction of sp³-hybridized carbons (Fsp3) is 0.667. The molecular weight excluding hydrogens is 196 g/mol. The second-order valence-corrected chi connectivity index (χ2v) is 4.15. The molecule has 0 aliphatic rings. The Kier molecular flexibility index (Phi) is 2.97. The average Bonchev–Trinajstić information content (AvgIpc) is 2.48. The highest BCUT2D eigenvalue weighted by Gasteiger charge is 2.25. The largest absolute Gasteiger partial charge is 0.406 e. The van der Waals surface area contributed by atoms with Crippen LogP contribution < -0.4 is 5.32 Å². The maximum Gasteiger partial charge on any atom is 0.406 e. The molecular formula is C9H16N4O2. The van der Waals surface area contributed by atoms with Gasteiger partial charge in [0, 0.05) is 12.6 Å². The van der Waals surface area contributed by atoms with Crippen molar-refractivity contribution in [2.45, 2.75) is 32.7 Å². The van der Waals surface area contributed by atoms with Gasteiger partial charge in [-0.25, -0.2) is 0 Å². The molecule has 0 amide bonds. The van der Waals surface area contributed by atoms with E-state index in [9.17, 15) is 10.1 Å². The van der Waals surface area contributed by atoms with Gasteiger partial charge in [-0.1, -0.05) is 6.92 Å². The molecule has 1 rings (SSSR count). The monoisotopic (exact) mass is 212 g/mol. The van der Waals surface area contributed by atoms with E-state index >= 15 is 0 Å². The first-order chi connectivity index (χ1) is 6.87. The minimum Gasteiger partial charge on any atom is -0.359 e. The van der Waals surface area contributed by atoms with Crippen LogP contribution >= 0.6 is 0 Å². The smallest absolute Gasteiger partial charge is 0.359 e. The van der Waals surface area contributed by atoms with Crippen molar-refractivity contribution >= 4 is 11.6 Å². The molecule has 0 aromatic carbocycles. The number of nitrogens with one attached hydrogen (secondary N) is 1. The summed E-state index contributed by atoms with van der Waals surface area (Å²) in [4.78, 5) is 14.0. The van der Waals surface area contributed by atoms with E-state index in [1.54, 1.807) is 11.6 Å². The van der Waals surface area contributed by atoms with Gasteiger partial charge in [-0.05, 0) is 30.2 Å². The summed E-state index contributed by atoms with van der Waals surface area (Å²) in [7, 11) is 1.73. The zero-order valence-corrected chi connectivity index (χ0v) is 9.44. The van der Waals surface area contributed by atoms with E-state index in [0.29, 0.717) is 5.82 Å². The first-order valence-corrected chi connectivity index (χ1v) is 4.81. The Balaban J connectivity index is 3.03. The number of aromatic nitrogens is 2.